The lowest BCUT2D eigenvalue weighted by molar-refractivity contribution is 0.573. The SMILES string of the molecule is CC(C)n1cnc2c(S(=O)(=O)Cl)cccc2c1=O. The van der Waals surface area contributed by atoms with Crippen LogP contribution in [0.2, 0.25) is 0 Å². The summed E-state index contributed by atoms with van der Waals surface area (Å²) in [4.78, 5) is 16.0. The number of hydrogen-bond donors (Lipinski definition) is 0. The molecule has 0 aliphatic rings. The summed E-state index contributed by atoms with van der Waals surface area (Å²) in [6.07, 6.45) is 1.33. The number of aromatic nitrogens is 2. The van der Waals surface area contributed by atoms with E-state index in [1.54, 1.807) is 0 Å². The number of hydrogen-bond acceptors (Lipinski definition) is 4. The first-order valence-corrected chi connectivity index (χ1v) is 7.58. The van der Waals surface area contributed by atoms with E-state index in [1.165, 1.54) is 29.1 Å². The molecule has 0 radical (unpaired) electrons. The van der Waals surface area contributed by atoms with E-state index in [4.69, 9.17) is 10.7 Å². The average Bonchev–Trinajstić information content (AvgIpc) is 2.27. The summed E-state index contributed by atoms with van der Waals surface area (Å²) in [6.45, 7) is 3.69. The molecule has 18 heavy (non-hydrogen) atoms. The lowest BCUT2D eigenvalue weighted by Gasteiger charge is -2.10. The number of para-hydroxylation sites is 1. The third-order valence-electron chi connectivity index (χ3n) is 2.59. The van der Waals surface area contributed by atoms with Crippen molar-refractivity contribution in [2.75, 3.05) is 0 Å². The molecule has 0 N–H and O–H groups in total. The molecule has 1 aromatic carbocycles. The molecule has 0 bridgehead atoms. The summed E-state index contributed by atoms with van der Waals surface area (Å²) in [5, 5.41) is 0.243. The summed E-state index contributed by atoms with van der Waals surface area (Å²) in [5.74, 6) is 0. The van der Waals surface area contributed by atoms with Crippen LogP contribution >= 0.6 is 10.7 Å². The van der Waals surface area contributed by atoms with Crippen LogP contribution < -0.4 is 5.56 Å². The maximum absolute atomic E-state index is 12.1. The van der Waals surface area contributed by atoms with E-state index >= 15 is 0 Å². The van der Waals surface area contributed by atoms with Crippen molar-refractivity contribution in [1.82, 2.24) is 9.55 Å². The number of benzene rings is 1. The summed E-state index contributed by atoms with van der Waals surface area (Å²) in [5.41, 5.74) is -0.174. The average molecular weight is 287 g/mol. The maximum atomic E-state index is 12.1. The fraction of sp³-hybridized carbons (Fsp3) is 0.273. The highest BCUT2D eigenvalue weighted by molar-refractivity contribution is 8.14. The Hall–Kier alpha value is -1.40. The first kappa shape index (κ1) is 13.0. The number of halogens is 1. The standard InChI is InChI=1S/C11H11ClN2O3S/c1-7(2)14-6-13-10-8(11(14)15)4-3-5-9(10)18(12,16)17/h3-7H,1-2H3. The van der Waals surface area contributed by atoms with Crippen molar-refractivity contribution in [3.63, 3.8) is 0 Å². The summed E-state index contributed by atoms with van der Waals surface area (Å²) in [7, 11) is 1.40. The number of rotatable bonds is 2. The largest absolute Gasteiger partial charge is 0.296 e. The van der Waals surface area contributed by atoms with E-state index < -0.39 is 9.05 Å². The molecule has 96 valence electrons. The Balaban J connectivity index is 2.92. The van der Waals surface area contributed by atoms with Crippen LogP contribution in [0.1, 0.15) is 19.9 Å². The second-order valence-electron chi connectivity index (χ2n) is 4.14. The van der Waals surface area contributed by atoms with Gasteiger partial charge in [0.25, 0.3) is 14.6 Å². The maximum Gasteiger partial charge on any atom is 0.263 e. The minimum absolute atomic E-state index is 0.0503. The predicted octanol–water partition coefficient (Wildman–Crippen LogP) is 1.90. The van der Waals surface area contributed by atoms with Crippen LogP contribution in [0.4, 0.5) is 0 Å². The van der Waals surface area contributed by atoms with Crippen molar-refractivity contribution < 1.29 is 8.42 Å². The van der Waals surface area contributed by atoms with Gasteiger partial charge in [-0.25, -0.2) is 13.4 Å². The van der Waals surface area contributed by atoms with Crippen molar-refractivity contribution in [2.24, 2.45) is 0 Å². The van der Waals surface area contributed by atoms with Gasteiger partial charge >= 0.3 is 0 Å². The van der Waals surface area contributed by atoms with E-state index in [2.05, 4.69) is 4.98 Å². The van der Waals surface area contributed by atoms with Crippen LogP contribution in [0.3, 0.4) is 0 Å². The van der Waals surface area contributed by atoms with Gasteiger partial charge in [-0.2, -0.15) is 0 Å². The summed E-state index contributed by atoms with van der Waals surface area (Å²) in [6, 6.07) is 4.29. The molecular formula is C11H11ClN2O3S. The molecule has 0 amide bonds. The molecule has 0 aliphatic carbocycles. The van der Waals surface area contributed by atoms with E-state index in [9.17, 15) is 13.2 Å². The zero-order valence-corrected chi connectivity index (χ0v) is 11.4. The van der Waals surface area contributed by atoms with Crippen LogP contribution in [-0.2, 0) is 9.05 Å². The first-order valence-electron chi connectivity index (χ1n) is 5.27. The monoisotopic (exact) mass is 286 g/mol. The van der Waals surface area contributed by atoms with Gasteiger partial charge in [-0.15, -0.1) is 0 Å². The molecule has 0 fully saturated rings. The van der Waals surface area contributed by atoms with E-state index in [0.29, 0.717) is 0 Å². The van der Waals surface area contributed by atoms with Crippen molar-refractivity contribution in [2.45, 2.75) is 24.8 Å². The molecule has 0 saturated heterocycles. The molecule has 0 unspecified atom stereocenters. The zero-order valence-electron chi connectivity index (χ0n) is 9.79. The number of fused-ring (bicyclic) bond motifs is 1. The number of nitrogens with zero attached hydrogens (tertiary/aromatic N) is 2. The quantitative estimate of drug-likeness (QED) is 0.791. The minimum Gasteiger partial charge on any atom is -0.296 e. The van der Waals surface area contributed by atoms with Crippen LogP contribution in [0.25, 0.3) is 10.9 Å². The molecular weight excluding hydrogens is 276 g/mol. The topological polar surface area (TPSA) is 69.0 Å². The molecule has 1 heterocycles. The van der Waals surface area contributed by atoms with Gasteiger partial charge in [-0.1, -0.05) is 6.07 Å². The third-order valence-corrected chi connectivity index (χ3v) is 3.95. The molecule has 1 aromatic heterocycles. The highest BCUT2D eigenvalue weighted by Gasteiger charge is 2.17. The smallest absolute Gasteiger partial charge is 0.263 e. The Morgan fingerprint density at radius 2 is 2.00 bits per heavy atom. The first-order chi connectivity index (χ1) is 8.32. The Kier molecular flexibility index (Phi) is 3.16. The second kappa shape index (κ2) is 4.37. The zero-order chi connectivity index (χ0) is 13.5. The van der Waals surface area contributed by atoms with Gasteiger partial charge in [0.05, 0.1) is 17.2 Å². The minimum atomic E-state index is -3.92. The van der Waals surface area contributed by atoms with Crippen molar-refractivity contribution >= 4 is 30.6 Å². The van der Waals surface area contributed by atoms with Crippen LogP contribution in [-0.4, -0.2) is 18.0 Å². The fourth-order valence-electron chi connectivity index (χ4n) is 1.70. The fourth-order valence-corrected chi connectivity index (χ4v) is 2.71. The molecule has 5 nitrogen and oxygen atoms in total. The molecule has 2 rings (SSSR count). The molecule has 0 atom stereocenters. The third kappa shape index (κ3) is 2.13. The lowest BCUT2D eigenvalue weighted by atomic mass is 10.2. The highest BCUT2D eigenvalue weighted by atomic mass is 35.7. The molecule has 0 spiro atoms. The van der Waals surface area contributed by atoms with E-state index in [1.807, 2.05) is 13.8 Å². The summed E-state index contributed by atoms with van der Waals surface area (Å²) >= 11 is 0. The molecule has 0 saturated carbocycles. The Bertz CT molecular complexity index is 765. The van der Waals surface area contributed by atoms with Crippen molar-refractivity contribution in [3.05, 3.63) is 34.9 Å². The van der Waals surface area contributed by atoms with Crippen LogP contribution in [0.5, 0.6) is 0 Å². The Morgan fingerprint density at radius 3 is 2.56 bits per heavy atom. The molecule has 2 aromatic rings. The van der Waals surface area contributed by atoms with Gasteiger partial charge in [0.15, 0.2) is 0 Å². The second-order valence-corrected chi connectivity index (χ2v) is 6.68. The van der Waals surface area contributed by atoms with Gasteiger partial charge in [-0.05, 0) is 26.0 Å². The van der Waals surface area contributed by atoms with Crippen molar-refractivity contribution in [1.29, 1.82) is 0 Å². The highest BCUT2D eigenvalue weighted by Crippen LogP contribution is 2.22. The van der Waals surface area contributed by atoms with E-state index in [-0.39, 0.29) is 27.4 Å². The Morgan fingerprint density at radius 1 is 1.33 bits per heavy atom. The van der Waals surface area contributed by atoms with Gasteiger partial charge in [0.2, 0.25) is 0 Å². The molecule has 0 aliphatic heterocycles. The molecule has 7 heteroatoms. The van der Waals surface area contributed by atoms with Crippen LogP contribution in [0, 0.1) is 0 Å². The summed E-state index contributed by atoms with van der Waals surface area (Å²) < 4.78 is 24.2. The lowest BCUT2D eigenvalue weighted by Crippen LogP contribution is -2.22. The van der Waals surface area contributed by atoms with Gasteiger partial charge in [-0.3, -0.25) is 9.36 Å². The van der Waals surface area contributed by atoms with Gasteiger partial charge in [0.1, 0.15) is 4.90 Å². The van der Waals surface area contributed by atoms with Crippen LogP contribution in [0.15, 0.2) is 34.2 Å². The van der Waals surface area contributed by atoms with Crippen molar-refractivity contribution in [3.8, 4) is 0 Å². The Labute approximate surface area is 108 Å². The van der Waals surface area contributed by atoms with Gasteiger partial charge < -0.3 is 0 Å². The van der Waals surface area contributed by atoms with E-state index in [0.717, 1.165) is 0 Å². The normalized spacial score (nSPS) is 12.2. The predicted molar refractivity (Wildman–Crippen MR) is 69.4 cm³/mol. The van der Waals surface area contributed by atoms with Gasteiger partial charge in [0, 0.05) is 16.7 Å².